The molecular formula is C13H17FO3. The first-order valence-corrected chi connectivity index (χ1v) is 5.41. The molecule has 1 unspecified atom stereocenters. The van der Waals surface area contributed by atoms with Crippen LogP contribution < -0.4 is 9.47 Å². The fourth-order valence-corrected chi connectivity index (χ4v) is 1.84. The van der Waals surface area contributed by atoms with Gasteiger partial charge in [-0.3, -0.25) is 0 Å². The van der Waals surface area contributed by atoms with E-state index < -0.39 is 5.82 Å². The summed E-state index contributed by atoms with van der Waals surface area (Å²) in [6.45, 7) is 3.62. The molecule has 0 bridgehead atoms. The Hall–Kier alpha value is -1.58. The normalized spacial score (nSPS) is 12.1. The van der Waals surface area contributed by atoms with Crippen molar-refractivity contribution in [3.05, 3.63) is 23.0 Å². The molecule has 3 nitrogen and oxygen atoms in total. The highest BCUT2D eigenvalue weighted by molar-refractivity contribution is 5.55. The number of rotatable bonds is 5. The quantitative estimate of drug-likeness (QED) is 0.742. The highest BCUT2D eigenvalue weighted by atomic mass is 19.1. The van der Waals surface area contributed by atoms with Crippen LogP contribution in [0.1, 0.15) is 30.4 Å². The van der Waals surface area contributed by atoms with E-state index in [0.717, 1.165) is 11.8 Å². The van der Waals surface area contributed by atoms with Crippen molar-refractivity contribution < 1.29 is 18.7 Å². The second kappa shape index (κ2) is 5.66. The Kier molecular flexibility index (Phi) is 4.49. The first kappa shape index (κ1) is 13.5. The SMILES string of the molecule is COc1c(C)cc(C(C)CC=O)c(F)c1OC. The maximum absolute atomic E-state index is 14.2. The lowest BCUT2D eigenvalue weighted by Crippen LogP contribution is -2.04. The molecule has 17 heavy (non-hydrogen) atoms. The standard InChI is InChI=1S/C13H17FO3/c1-8(5-6-15)10-7-9(2)12(16-3)13(17-4)11(10)14/h6-8H,5H2,1-4H3. The summed E-state index contributed by atoms with van der Waals surface area (Å²) in [4.78, 5) is 10.5. The molecule has 0 aliphatic rings. The average molecular weight is 240 g/mol. The maximum atomic E-state index is 14.2. The zero-order valence-electron chi connectivity index (χ0n) is 10.5. The lowest BCUT2D eigenvalue weighted by molar-refractivity contribution is -0.108. The van der Waals surface area contributed by atoms with Crippen LogP contribution in [0.2, 0.25) is 0 Å². The monoisotopic (exact) mass is 240 g/mol. The lowest BCUT2D eigenvalue weighted by Gasteiger charge is -2.17. The number of benzene rings is 1. The third-order valence-corrected chi connectivity index (χ3v) is 2.78. The number of aryl methyl sites for hydroxylation is 1. The number of halogens is 1. The maximum Gasteiger partial charge on any atom is 0.197 e. The Morgan fingerprint density at radius 3 is 2.41 bits per heavy atom. The molecule has 94 valence electrons. The summed E-state index contributed by atoms with van der Waals surface area (Å²) >= 11 is 0. The van der Waals surface area contributed by atoms with Crippen LogP contribution in [0.5, 0.6) is 11.5 Å². The van der Waals surface area contributed by atoms with Crippen molar-refractivity contribution in [1.82, 2.24) is 0 Å². The van der Waals surface area contributed by atoms with Gasteiger partial charge in [0.25, 0.3) is 0 Å². The third kappa shape index (κ3) is 2.57. The van der Waals surface area contributed by atoms with Gasteiger partial charge in [0.1, 0.15) is 6.29 Å². The van der Waals surface area contributed by atoms with Gasteiger partial charge >= 0.3 is 0 Å². The van der Waals surface area contributed by atoms with Crippen LogP contribution in [-0.4, -0.2) is 20.5 Å². The lowest BCUT2D eigenvalue weighted by atomic mass is 9.95. The summed E-state index contributed by atoms with van der Waals surface area (Å²) in [5, 5.41) is 0. The third-order valence-electron chi connectivity index (χ3n) is 2.78. The van der Waals surface area contributed by atoms with Gasteiger partial charge in [0.05, 0.1) is 14.2 Å². The van der Waals surface area contributed by atoms with E-state index in [-0.39, 0.29) is 18.1 Å². The van der Waals surface area contributed by atoms with E-state index in [9.17, 15) is 9.18 Å². The van der Waals surface area contributed by atoms with E-state index in [4.69, 9.17) is 9.47 Å². The van der Waals surface area contributed by atoms with Crippen LogP contribution in [0.25, 0.3) is 0 Å². The second-order valence-corrected chi connectivity index (χ2v) is 3.97. The van der Waals surface area contributed by atoms with Crippen molar-refractivity contribution in [2.24, 2.45) is 0 Å². The van der Waals surface area contributed by atoms with Crippen molar-refractivity contribution in [1.29, 1.82) is 0 Å². The zero-order valence-corrected chi connectivity index (χ0v) is 10.5. The van der Waals surface area contributed by atoms with E-state index in [1.54, 1.807) is 13.0 Å². The number of ether oxygens (including phenoxy) is 2. The summed E-state index contributed by atoms with van der Waals surface area (Å²) in [5.74, 6) is -0.136. The molecular weight excluding hydrogens is 223 g/mol. The molecule has 0 aromatic heterocycles. The van der Waals surface area contributed by atoms with Gasteiger partial charge < -0.3 is 14.3 Å². The predicted molar refractivity (Wildman–Crippen MR) is 63.3 cm³/mol. The first-order valence-electron chi connectivity index (χ1n) is 5.41. The average Bonchev–Trinajstić information content (AvgIpc) is 2.31. The van der Waals surface area contributed by atoms with Gasteiger partial charge in [-0.25, -0.2) is 4.39 Å². The predicted octanol–water partition coefficient (Wildman–Crippen LogP) is 2.84. The second-order valence-electron chi connectivity index (χ2n) is 3.97. The Balaban J connectivity index is 3.34. The van der Waals surface area contributed by atoms with E-state index in [0.29, 0.717) is 11.3 Å². The smallest absolute Gasteiger partial charge is 0.197 e. The van der Waals surface area contributed by atoms with Crippen LogP contribution in [0, 0.1) is 12.7 Å². The molecule has 0 radical (unpaired) electrons. The largest absolute Gasteiger partial charge is 0.492 e. The summed E-state index contributed by atoms with van der Waals surface area (Å²) in [7, 11) is 2.87. The van der Waals surface area contributed by atoms with Crippen LogP contribution in [0.15, 0.2) is 6.07 Å². The summed E-state index contributed by atoms with van der Waals surface area (Å²) in [6, 6.07) is 1.70. The number of hydrogen-bond donors (Lipinski definition) is 0. The molecule has 1 aromatic rings. The molecule has 1 atom stereocenters. The molecule has 1 aromatic carbocycles. The first-order chi connectivity index (χ1) is 8.06. The molecule has 0 aliphatic heterocycles. The number of carbonyl (C=O) groups excluding carboxylic acids is 1. The Morgan fingerprint density at radius 2 is 1.94 bits per heavy atom. The van der Waals surface area contributed by atoms with Crippen molar-refractivity contribution in [2.75, 3.05) is 14.2 Å². The molecule has 0 spiro atoms. The van der Waals surface area contributed by atoms with Gasteiger partial charge in [-0.15, -0.1) is 0 Å². The summed E-state index contributed by atoms with van der Waals surface area (Å²) < 4.78 is 24.3. The van der Waals surface area contributed by atoms with Crippen LogP contribution >= 0.6 is 0 Å². The molecule has 0 amide bonds. The molecule has 4 heteroatoms. The number of carbonyl (C=O) groups is 1. The van der Waals surface area contributed by atoms with Gasteiger partial charge in [-0.1, -0.05) is 6.92 Å². The minimum Gasteiger partial charge on any atom is -0.492 e. The number of aldehydes is 1. The highest BCUT2D eigenvalue weighted by Gasteiger charge is 2.21. The molecule has 0 fully saturated rings. The van der Waals surface area contributed by atoms with Crippen molar-refractivity contribution in [3.63, 3.8) is 0 Å². The van der Waals surface area contributed by atoms with Gasteiger partial charge in [0.2, 0.25) is 0 Å². The van der Waals surface area contributed by atoms with Gasteiger partial charge in [0, 0.05) is 6.42 Å². The van der Waals surface area contributed by atoms with Crippen LogP contribution in [0.4, 0.5) is 4.39 Å². The van der Waals surface area contributed by atoms with Crippen molar-refractivity contribution in [3.8, 4) is 11.5 Å². The van der Waals surface area contributed by atoms with E-state index in [2.05, 4.69) is 0 Å². The summed E-state index contributed by atoms with van der Waals surface area (Å²) in [5.41, 5.74) is 1.27. The number of hydrogen-bond acceptors (Lipinski definition) is 3. The molecule has 0 saturated heterocycles. The Bertz CT molecular complexity index is 416. The van der Waals surface area contributed by atoms with Crippen molar-refractivity contribution in [2.45, 2.75) is 26.2 Å². The number of methoxy groups -OCH3 is 2. The van der Waals surface area contributed by atoms with Crippen LogP contribution in [-0.2, 0) is 4.79 Å². The molecule has 1 rings (SSSR count). The fraction of sp³-hybridized carbons (Fsp3) is 0.462. The molecule has 0 saturated carbocycles. The minimum absolute atomic E-state index is 0.0975. The highest BCUT2D eigenvalue weighted by Crippen LogP contribution is 2.38. The summed E-state index contributed by atoms with van der Waals surface area (Å²) in [6.07, 6.45) is 1.07. The van der Waals surface area contributed by atoms with Crippen molar-refractivity contribution >= 4 is 6.29 Å². The van der Waals surface area contributed by atoms with Crippen LogP contribution in [0.3, 0.4) is 0 Å². The zero-order chi connectivity index (χ0) is 13.0. The molecule has 0 aliphatic carbocycles. The molecule has 0 heterocycles. The van der Waals surface area contributed by atoms with E-state index >= 15 is 0 Å². The Labute approximate surface area is 101 Å². The topological polar surface area (TPSA) is 35.5 Å². The van der Waals surface area contributed by atoms with Gasteiger partial charge in [-0.05, 0) is 30.0 Å². The van der Waals surface area contributed by atoms with E-state index in [1.807, 2.05) is 6.92 Å². The Morgan fingerprint density at radius 1 is 1.35 bits per heavy atom. The van der Waals surface area contributed by atoms with E-state index in [1.165, 1.54) is 14.2 Å². The fourth-order valence-electron chi connectivity index (χ4n) is 1.84. The van der Waals surface area contributed by atoms with Gasteiger partial charge in [-0.2, -0.15) is 0 Å². The van der Waals surface area contributed by atoms with Gasteiger partial charge in [0.15, 0.2) is 17.3 Å². The minimum atomic E-state index is -0.454. The molecule has 0 N–H and O–H groups in total.